The second-order valence-electron chi connectivity index (χ2n) is 6.04. The molecule has 0 aliphatic carbocycles. The van der Waals surface area contributed by atoms with Crippen LogP contribution >= 0.6 is 0 Å². The summed E-state index contributed by atoms with van der Waals surface area (Å²) >= 11 is 0. The zero-order chi connectivity index (χ0) is 20.9. The zero-order valence-corrected chi connectivity index (χ0v) is 16.7. The van der Waals surface area contributed by atoms with Crippen LogP contribution in [0.3, 0.4) is 0 Å². The summed E-state index contributed by atoms with van der Waals surface area (Å²) < 4.78 is 36.1. The van der Waals surface area contributed by atoms with E-state index in [2.05, 4.69) is 0 Å². The predicted molar refractivity (Wildman–Crippen MR) is 95.4 cm³/mol. The molecule has 0 saturated heterocycles. The molecule has 0 unspecified atom stereocenters. The molecule has 5 atom stereocenters. The van der Waals surface area contributed by atoms with Crippen LogP contribution in [-0.4, -0.2) is 94.8 Å². The Morgan fingerprint density at radius 2 is 1.57 bits per heavy atom. The lowest BCUT2D eigenvalue weighted by Gasteiger charge is -2.32. The van der Waals surface area contributed by atoms with E-state index >= 15 is 0 Å². The molecule has 10 nitrogen and oxygen atoms in total. The smallest absolute Gasteiger partial charge is 0.335 e. The van der Waals surface area contributed by atoms with Crippen LogP contribution in [0.25, 0.3) is 0 Å². The van der Waals surface area contributed by atoms with Gasteiger partial charge in [-0.2, -0.15) is 0 Å². The fourth-order valence-electron chi connectivity index (χ4n) is 2.18. The number of ether oxygens (including phenoxy) is 7. The van der Waals surface area contributed by atoms with Crippen molar-refractivity contribution in [1.82, 2.24) is 0 Å². The van der Waals surface area contributed by atoms with Crippen LogP contribution in [0.1, 0.15) is 13.8 Å². The Kier molecular flexibility index (Phi) is 11.7. The molecule has 1 rings (SSSR count). The number of aliphatic hydroxyl groups excluding tert-OH is 1. The average Bonchev–Trinajstić information content (AvgIpc) is 2.68. The van der Waals surface area contributed by atoms with Crippen LogP contribution in [0, 0.1) is 0 Å². The van der Waals surface area contributed by atoms with Crippen molar-refractivity contribution in [3.8, 4) is 0 Å². The summed E-state index contributed by atoms with van der Waals surface area (Å²) in [7, 11) is 3.04. The van der Waals surface area contributed by atoms with Crippen LogP contribution in [0.4, 0.5) is 0 Å². The standard InChI is InChI=1S/C18H30O10/c1-12(24-9-7-22-3)17(20)27-11-15-16(14(19)5-6-26-15)28-18(21)13(2)25-10-8-23-4/h5-6,12-16,19H,7-11H2,1-4H3/t12-,13-,14+,15+,16+/m0/s1. The molecule has 0 saturated carbocycles. The molecule has 162 valence electrons. The van der Waals surface area contributed by atoms with Crippen LogP contribution in [-0.2, 0) is 42.7 Å². The molecule has 1 aliphatic rings. The molecule has 28 heavy (non-hydrogen) atoms. The molecule has 0 aromatic heterocycles. The third kappa shape index (κ3) is 8.53. The highest BCUT2D eigenvalue weighted by atomic mass is 16.6. The first-order valence-electron chi connectivity index (χ1n) is 8.99. The average molecular weight is 406 g/mol. The van der Waals surface area contributed by atoms with Gasteiger partial charge >= 0.3 is 11.9 Å². The van der Waals surface area contributed by atoms with Crippen LogP contribution in [0.2, 0.25) is 0 Å². The number of esters is 2. The predicted octanol–water partition coefficient (Wildman–Crippen LogP) is -0.182. The lowest BCUT2D eigenvalue weighted by atomic mass is 10.1. The highest BCUT2D eigenvalue weighted by molar-refractivity contribution is 5.75. The molecule has 0 radical (unpaired) electrons. The van der Waals surface area contributed by atoms with E-state index in [0.29, 0.717) is 13.2 Å². The van der Waals surface area contributed by atoms with E-state index in [0.717, 1.165) is 0 Å². The van der Waals surface area contributed by atoms with E-state index < -0.39 is 42.5 Å². The maximum absolute atomic E-state index is 12.2. The van der Waals surface area contributed by atoms with Gasteiger partial charge in [-0.05, 0) is 19.9 Å². The first kappa shape index (κ1) is 24.3. The fourth-order valence-corrected chi connectivity index (χ4v) is 2.18. The van der Waals surface area contributed by atoms with Crippen molar-refractivity contribution in [1.29, 1.82) is 0 Å². The highest BCUT2D eigenvalue weighted by Gasteiger charge is 2.37. The van der Waals surface area contributed by atoms with Crippen molar-refractivity contribution in [2.24, 2.45) is 0 Å². The van der Waals surface area contributed by atoms with Crippen LogP contribution < -0.4 is 0 Å². The number of methoxy groups -OCH3 is 2. The lowest BCUT2D eigenvalue weighted by Crippen LogP contribution is -2.47. The molecule has 0 fully saturated rings. The van der Waals surface area contributed by atoms with Gasteiger partial charge in [-0.15, -0.1) is 0 Å². The van der Waals surface area contributed by atoms with Gasteiger partial charge in [-0.25, -0.2) is 9.59 Å². The third-order valence-electron chi connectivity index (χ3n) is 3.85. The van der Waals surface area contributed by atoms with E-state index in [9.17, 15) is 14.7 Å². The van der Waals surface area contributed by atoms with Crippen molar-refractivity contribution in [3.05, 3.63) is 12.3 Å². The SMILES string of the molecule is COCCO[C@@H](C)C(=O)OC[C@H]1OC=C[C@@H](O)[C@H]1OC(=O)[C@H](C)OCCOC. The maximum atomic E-state index is 12.2. The van der Waals surface area contributed by atoms with Crippen molar-refractivity contribution < 1.29 is 47.9 Å². The summed E-state index contributed by atoms with van der Waals surface area (Å²) in [5, 5.41) is 10.1. The third-order valence-corrected chi connectivity index (χ3v) is 3.85. The fraction of sp³-hybridized carbons (Fsp3) is 0.778. The summed E-state index contributed by atoms with van der Waals surface area (Å²) in [6, 6.07) is 0. The van der Waals surface area contributed by atoms with Crippen molar-refractivity contribution in [2.45, 2.75) is 44.4 Å². The van der Waals surface area contributed by atoms with Crippen molar-refractivity contribution in [2.75, 3.05) is 47.3 Å². The Bertz CT molecular complexity index is 495. The summed E-state index contributed by atoms with van der Waals surface area (Å²) in [6.07, 6.45) is -2.08. The van der Waals surface area contributed by atoms with Gasteiger partial charge in [-0.3, -0.25) is 0 Å². The molecule has 1 heterocycles. The first-order chi connectivity index (χ1) is 13.4. The monoisotopic (exact) mass is 406 g/mol. The minimum absolute atomic E-state index is 0.221. The van der Waals surface area contributed by atoms with Gasteiger partial charge in [0.05, 0.1) is 32.7 Å². The number of hydrogen-bond donors (Lipinski definition) is 1. The summed E-state index contributed by atoms with van der Waals surface area (Å²) in [4.78, 5) is 24.2. The van der Waals surface area contributed by atoms with Gasteiger partial charge in [0.25, 0.3) is 0 Å². The van der Waals surface area contributed by atoms with Gasteiger partial charge in [0.1, 0.15) is 12.7 Å². The molecule has 1 N–H and O–H groups in total. The Balaban J connectivity index is 2.53. The number of aliphatic hydroxyl groups is 1. The van der Waals surface area contributed by atoms with Gasteiger partial charge in [0, 0.05) is 14.2 Å². The minimum atomic E-state index is -1.11. The van der Waals surface area contributed by atoms with Gasteiger partial charge in [0.2, 0.25) is 0 Å². The minimum Gasteiger partial charge on any atom is -0.491 e. The zero-order valence-electron chi connectivity index (χ0n) is 16.7. The quantitative estimate of drug-likeness (QED) is 0.326. The Morgan fingerprint density at radius 1 is 1.00 bits per heavy atom. The molecule has 0 spiro atoms. The second-order valence-corrected chi connectivity index (χ2v) is 6.04. The number of rotatable bonds is 13. The maximum Gasteiger partial charge on any atom is 0.335 e. The van der Waals surface area contributed by atoms with E-state index in [4.69, 9.17) is 33.2 Å². The van der Waals surface area contributed by atoms with Gasteiger partial charge in [-0.1, -0.05) is 0 Å². The van der Waals surface area contributed by atoms with E-state index in [-0.39, 0.29) is 19.8 Å². The molecule has 0 aromatic carbocycles. The molecular formula is C18H30O10. The van der Waals surface area contributed by atoms with E-state index in [1.807, 2.05) is 0 Å². The van der Waals surface area contributed by atoms with Crippen LogP contribution in [0.5, 0.6) is 0 Å². The summed E-state index contributed by atoms with van der Waals surface area (Å²) in [5.41, 5.74) is 0. The molecule has 0 amide bonds. The Hall–Kier alpha value is -1.72. The van der Waals surface area contributed by atoms with E-state index in [1.165, 1.54) is 33.5 Å². The number of carbonyl (C=O) groups excluding carboxylic acids is 2. The Labute approximate surface area is 164 Å². The second kappa shape index (κ2) is 13.5. The molecule has 0 aromatic rings. The van der Waals surface area contributed by atoms with Crippen LogP contribution in [0.15, 0.2) is 12.3 Å². The molecule has 0 bridgehead atoms. The largest absolute Gasteiger partial charge is 0.491 e. The van der Waals surface area contributed by atoms with Gasteiger partial charge < -0.3 is 38.3 Å². The highest BCUT2D eigenvalue weighted by Crippen LogP contribution is 2.18. The topological polar surface area (TPSA) is 119 Å². The Morgan fingerprint density at radius 3 is 2.14 bits per heavy atom. The normalized spacial score (nSPS) is 23.5. The first-order valence-corrected chi connectivity index (χ1v) is 8.99. The summed E-state index contributed by atoms with van der Waals surface area (Å²) in [5.74, 6) is -1.28. The molecule has 10 heteroatoms. The van der Waals surface area contributed by atoms with Crippen molar-refractivity contribution in [3.63, 3.8) is 0 Å². The molecular weight excluding hydrogens is 376 g/mol. The number of carbonyl (C=O) groups is 2. The summed E-state index contributed by atoms with van der Waals surface area (Å²) in [6.45, 7) is 3.99. The molecule has 1 aliphatic heterocycles. The van der Waals surface area contributed by atoms with Crippen molar-refractivity contribution >= 4 is 11.9 Å². The van der Waals surface area contributed by atoms with E-state index in [1.54, 1.807) is 6.92 Å². The number of hydrogen-bond acceptors (Lipinski definition) is 10. The van der Waals surface area contributed by atoms with Gasteiger partial charge in [0.15, 0.2) is 24.4 Å². The lowest BCUT2D eigenvalue weighted by molar-refractivity contribution is -0.183.